The van der Waals surface area contributed by atoms with E-state index in [-0.39, 0.29) is 16.5 Å². The number of carbonyl (C=O) groups excluding carboxylic acids is 2. The third kappa shape index (κ3) is 6.80. The number of rotatable bonds is 11. The first-order valence-corrected chi connectivity index (χ1v) is 16.8. The summed E-state index contributed by atoms with van der Waals surface area (Å²) >= 11 is 8.68. The Labute approximate surface area is 273 Å². The Morgan fingerprint density at radius 3 is 2.64 bits per heavy atom. The summed E-state index contributed by atoms with van der Waals surface area (Å²) in [5, 5.41) is 21.1. The first kappa shape index (κ1) is 30.9. The van der Waals surface area contributed by atoms with Gasteiger partial charge in [0.2, 0.25) is 5.13 Å². The molecule has 45 heavy (non-hydrogen) atoms. The summed E-state index contributed by atoms with van der Waals surface area (Å²) in [7, 11) is 0. The van der Waals surface area contributed by atoms with E-state index < -0.39 is 17.7 Å². The van der Waals surface area contributed by atoms with E-state index in [1.807, 2.05) is 36.4 Å². The summed E-state index contributed by atoms with van der Waals surface area (Å²) < 4.78 is 17.9. The lowest BCUT2D eigenvalue weighted by atomic mass is 9.95. The van der Waals surface area contributed by atoms with Crippen LogP contribution < -0.4 is 19.1 Å². The molecule has 0 bridgehead atoms. The second-order valence-electron chi connectivity index (χ2n) is 10.4. The van der Waals surface area contributed by atoms with E-state index in [0.29, 0.717) is 63.3 Å². The van der Waals surface area contributed by atoms with Gasteiger partial charge >= 0.3 is 5.91 Å². The SMILES string of the molecule is CCCCCOc1cccc([C@H]2/C(=C(\O)c3ccc4c(c3)OCCO4)C(=O)C(=O)N2c2nnc(SCc3ccc(Cl)cc3)s2)c1. The van der Waals surface area contributed by atoms with Crippen molar-refractivity contribution in [2.45, 2.75) is 42.3 Å². The fourth-order valence-electron chi connectivity index (χ4n) is 5.09. The van der Waals surface area contributed by atoms with E-state index in [1.165, 1.54) is 28.0 Å². The highest BCUT2D eigenvalue weighted by Crippen LogP contribution is 2.45. The van der Waals surface area contributed by atoms with E-state index in [4.69, 9.17) is 25.8 Å². The molecule has 1 fully saturated rings. The van der Waals surface area contributed by atoms with Gasteiger partial charge in [-0.15, -0.1) is 10.2 Å². The van der Waals surface area contributed by atoms with E-state index in [0.717, 1.165) is 24.8 Å². The summed E-state index contributed by atoms with van der Waals surface area (Å²) in [5.74, 6) is 0.255. The van der Waals surface area contributed by atoms with Crippen molar-refractivity contribution < 1.29 is 28.9 Å². The topological polar surface area (TPSA) is 111 Å². The number of nitrogens with zero attached hydrogens (tertiary/aromatic N) is 3. The highest BCUT2D eigenvalue weighted by atomic mass is 35.5. The molecule has 2 aliphatic heterocycles. The smallest absolute Gasteiger partial charge is 0.301 e. The van der Waals surface area contributed by atoms with Gasteiger partial charge in [0.25, 0.3) is 5.78 Å². The Balaban J connectivity index is 1.37. The van der Waals surface area contributed by atoms with Crippen molar-refractivity contribution >= 4 is 57.3 Å². The maximum absolute atomic E-state index is 13.7. The molecule has 2 aliphatic rings. The van der Waals surface area contributed by atoms with E-state index in [1.54, 1.807) is 30.3 Å². The minimum atomic E-state index is -0.973. The molecule has 0 aliphatic carbocycles. The fourth-order valence-corrected chi connectivity index (χ4v) is 7.04. The van der Waals surface area contributed by atoms with Gasteiger partial charge < -0.3 is 19.3 Å². The number of anilines is 1. The molecule has 1 N–H and O–H groups in total. The van der Waals surface area contributed by atoms with Crippen molar-refractivity contribution in [1.82, 2.24) is 10.2 Å². The molecule has 1 aromatic heterocycles. The number of ether oxygens (including phenoxy) is 3. The van der Waals surface area contributed by atoms with Crippen LogP contribution in [0.25, 0.3) is 5.76 Å². The average Bonchev–Trinajstić information content (AvgIpc) is 3.64. The molecule has 0 saturated carbocycles. The van der Waals surface area contributed by atoms with Crippen LogP contribution in [0.4, 0.5) is 5.13 Å². The van der Waals surface area contributed by atoms with Crippen LogP contribution in [-0.4, -0.2) is 46.8 Å². The van der Waals surface area contributed by atoms with Crippen LogP contribution in [0.5, 0.6) is 17.2 Å². The molecule has 9 nitrogen and oxygen atoms in total. The van der Waals surface area contributed by atoms with Gasteiger partial charge in [-0.3, -0.25) is 14.5 Å². The zero-order chi connectivity index (χ0) is 31.3. The summed E-state index contributed by atoms with van der Waals surface area (Å²) in [5.41, 5.74) is 1.90. The third-order valence-electron chi connectivity index (χ3n) is 7.33. The largest absolute Gasteiger partial charge is 0.507 e. The molecule has 1 saturated heterocycles. The molecule has 232 valence electrons. The van der Waals surface area contributed by atoms with Crippen LogP contribution in [0.2, 0.25) is 5.02 Å². The summed E-state index contributed by atoms with van der Waals surface area (Å²) in [6, 6.07) is 18.7. The highest BCUT2D eigenvalue weighted by Gasteiger charge is 2.48. The zero-order valence-corrected chi connectivity index (χ0v) is 26.8. The highest BCUT2D eigenvalue weighted by molar-refractivity contribution is 8.00. The number of thioether (sulfide) groups is 1. The van der Waals surface area contributed by atoms with Crippen molar-refractivity contribution in [2.24, 2.45) is 0 Å². The molecule has 1 atom stereocenters. The minimum absolute atomic E-state index is 0.0645. The Kier molecular flexibility index (Phi) is 9.58. The van der Waals surface area contributed by atoms with Crippen LogP contribution in [0.3, 0.4) is 0 Å². The van der Waals surface area contributed by atoms with Crippen LogP contribution in [0.1, 0.15) is 48.9 Å². The number of carbonyl (C=O) groups is 2. The Morgan fingerprint density at radius 1 is 1.04 bits per heavy atom. The monoisotopic (exact) mass is 663 g/mol. The fraction of sp³-hybridized carbons (Fsp3) is 0.273. The number of hydrogen-bond donors (Lipinski definition) is 1. The number of hydrogen-bond acceptors (Lipinski definition) is 10. The molecule has 6 rings (SSSR count). The van der Waals surface area contributed by atoms with Crippen LogP contribution in [0, 0.1) is 0 Å². The van der Waals surface area contributed by atoms with Crippen LogP contribution >= 0.6 is 34.7 Å². The molecule has 0 unspecified atom stereocenters. The maximum atomic E-state index is 13.7. The summed E-state index contributed by atoms with van der Waals surface area (Å²) in [6.45, 7) is 3.45. The second kappa shape index (κ2) is 13.9. The van der Waals surface area contributed by atoms with Crippen LogP contribution in [-0.2, 0) is 15.3 Å². The Bertz CT molecular complexity index is 1740. The molecular weight excluding hydrogens is 634 g/mol. The molecule has 1 amide bonds. The van der Waals surface area contributed by atoms with Crippen molar-refractivity contribution in [3.8, 4) is 17.2 Å². The number of unbranched alkanes of at least 4 members (excludes halogenated alkanes) is 2. The van der Waals surface area contributed by atoms with Crippen molar-refractivity contribution in [2.75, 3.05) is 24.7 Å². The first-order chi connectivity index (χ1) is 21.9. The molecule has 0 radical (unpaired) electrons. The number of aliphatic hydroxyl groups is 1. The average molecular weight is 664 g/mol. The number of amides is 1. The van der Waals surface area contributed by atoms with E-state index in [2.05, 4.69) is 17.1 Å². The number of halogens is 1. The van der Waals surface area contributed by atoms with Gasteiger partial charge in [0.1, 0.15) is 24.7 Å². The van der Waals surface area contributed by atoms with Gasteiger partial charge in [-0.25, -0.2) is 0 Å². The second-order valence-corrected chi connectivity index (χ2v) is 13.0. The van der Waals surface area contributed by atoms with Gasteiger partial charge in [-0.1, -0.05) is 78.7 Å². The summed E-state index contributed by atoms with van der Waals surface area (Å²) in [6.07, 6.45) is 3.02. The van der Waals surface area contributed by atoms with Gasteiger partial charge in [-0.2, -0.15) is 0 Å². The zero-order valence-electron chi connectivity index (χ0n) is 24.4. The van der Waals surface area contributed by atoms with Gasteiger partial charge in [0.05, 0.1) is 18.2 Å². The number of benzene rings is 3. The van der Waals surface area contributed by atoms with Gasteiger partial charge in [-0.05, 0) is 60.0 Å². The lowest BCUT2D eigenvalue weighted by Crippen LogP contribution is -2.29. The van der Waals surface area contributed by atoms with Crippen molar-refractivity contribution in [3.63, 3.8) is 0 Å². The number of fused-ring (bicyclic) bond motifs is 1. The van der Waals surface area contributed by atoms with Crippen molar-refractivity contribution in [1.29, 1.82) is 0 Å². The molecule has 3 aromatic carbocycles. The molecule has 3 heterocycles. The molecular formula is C33H30ClN3O6S2. The van der Waals surface area contributed by atoms with Gasteiger partial charge in [0, 0.05) is 16.3 Å². The Morgan fingerprint density at radius 2 is 1.84 bits per heavy atom. The standard InChI is InChI=1S/C33H30ClN3O6S2/c1-2-3-4-14-41-24-7-5-6-21(17-24)28-27(29(38)22-10-13-25-26(18-22)43-16-15-42-25)30(39)31(40)37(28)32-35-36-33(45-32)44-19-20-8-11-23(34)12-9-20/h5-13,17-18,28,38H,2-4,14-16,19H2,1H3/b29-27+/t28-/m0/s1. The number of Topliss-reactive ketones (excluding diaryl/α,β-unsaturated/α-hetero) is 1. The lowest BCUT2D eigenvalue weighted by molar-refractivity contribution is -0.132. The maximum Gasteiger partial charge on any atom is 0.301 e. The van der Waals surface area contributed by atoms with Crippen molar-refractivity contribution in [3.05, 3.63) is 94.0 Å². The number of aliphatic hydroxyl groups excluding tert-OH is 1. The summed E-state index contributed by atoms with van der Waals surface area (Å²) in [4.78, 5) is 28.7. The number of ketones is 1. The predicted molar refractivity (Wildman–Crippen MR) is 175 cm³/mol. The van der Waals surface area contributed by atoms with Crippen LogP contribution in [0.15, 0.2) is 76.6 Å². The predicted octanol–water partition coefficient (Wildman–Crippen LogP) is 7.45. The normalized spacial score (nSPS) is 17.1. The first-order valence-electron chi connectivity index (χ1n) is 14.6. The number of aromatic nitrogens is 2. The minimum Gasteiger partial charge on any atom is -0.507 e. The molecule has 4 aromatic rings. The third-order valence-corrected chi connectivity index (χ3v) is 9.71. The van der Waals surface area contributed by atoms with E-state index >= 15 is 0 Å². The lowest BCUT2D eigenvalue weighted by Gasteiger charge is -2.23. The van der Waals surface area contributed by atoms with E-state index in [9.17, 15) is 14.7 Å². The molecule has 0 spiro atoms. The molecule has 12 heteroatoms. The quantitative estimate of drug-likeness (QED) is 0.0437. The Hall–Kier alpha value is -4.06. The van der Waals surface area contributed by atoms with Gasteiger partial charge in [0.15, 0.2) is 15.8 Å².